The van der Waals surface area contributed by atoms with Crippen molar-refractivity contribution in [2.24, 2.45) is 5.73 Å². The highest BCUT2D eigenvalue weighted by Crippen LogP contribution is 2.40. The molecule has 2 N–H and O–H groups in total. The fourth-order valence-corrected chi connectivity index (χ4v) is 3.58. The van der Waals surface area contributed by atoms with E-state index in [0.717, 1.165) is 31.2 Å². The number of nitrogens with two attached hydrogens (primary N) is 1. The van der Waals surface area contributed by atoms with Gasteiger partial charge in [0.05, 0.1) is 0 Å². The molecule has 0 unspecified atom stereocenters. The summed E-state index contributed by atoms with van der Waals surface area (Å²) in [6.45, 7) is 0.551. The van der Waals surface area contributed by atoms with Crippen molar-refractivity contribution >= 4 is 0 Å². The standard InChI is InChI=1S/C19H21F2N/c20-17-7-3-2-6-15(17)16-12-14(8-9-18(16)21)19(13-22)10-4-1-5-11-19/h2-3,6-9,12H,1,4-5,10-11,13,22H2. The molecule has 2 aromatic carbocycles. The number of hydrogen-bond donors (Lipinski definition) is 1. The number of halogens is 2. The van der Waals surface area contributed by atoms with Gasteiger partial charge >= 0.3 is 0 Å². The van der Waals surface area contributed by atoms with Crippen molar-refractivity contribution in [3.8, 4) is 11.1 Å². The molecule has 0 saturated heterocycles. The lowest BCUT2D eigenvalue weighted by molar-refractivity contribution is 0.300. The zero-order valence-corrected chi connectivity index (χ0v) is 12.6. The maximum Gasteiger partial charge on any atom is 0.131 e. The molecule has 0 aromatic heterocycles. The van der Waals surface area contributed by atoms with E-state index in [0.29, 0.717) is 17.7 Å². The molecule has 0 heterocycles. The molecule has 1 aliphatic carbocycles. The van der Waals surface area contributed by atoms with Crippen molar-refractivity contribution < 1.29 is 8.78 Å². The molecule has 1 fully saturated rings. The van der Waals surface area contributed by atoms with Gasteiger partial charge in [-0.25, -0.2) is 8.78 Å². The Hall–Kier alpha value is -1.74. The zero-order valence-electron chi connectivity index (χ0n) is 12.6. The molecule has 0 amide bonds. The summed E-state index contributed by atoms with van der Waals surface area (Å²) in [6.07, 6.45) is 5.55. The van der Waals surface area contributed by atoms with E-state index in [2.05, 4.69) is 0 Å². The Labute approximate surface area is 130 Å². The first-order chi connectivity index (χ1) is 10.7. The van der Waals surface area contributed by atoms with Crippen LogP contribution in [0.25, 0.3) is 11.1 Å². The van der Waals surface area contributed by atoms with Crippen LogP contribution in [0.3, 0.4) is 0 Å². The van der Waals surface area contributed by atoms with Crippen LogP contribution < -0.4 is 5.73 Å². The Balaban J connectivity index is 2.08. The average molecular weight is 301 g/mol. The van der Waals surface area contributed by atoms with E-state index in [1.165, 1.54) is 18.6 Å². The summed E-state index contributed by atoms with van der Waals surface area (Å²) in [6, 6.07) is 11.4. The first kappa shape index (κ1) is 15.2. The van der Waals surface area contributed by atoms with E-state index in [1.54, 1.807) is 24.3 Å². The van der Waals surface area contributed by atoms with Gasteiger partial charge in [-0.2, -0.15) is 0 Å². The molecule has 116 valence electrons. The Morgan fingerprint density at radius 2 is 1.55 bits per heavy atom. The minimum atomic E-state index is -0.399. The van der Waals surface area contributed by atoms with Gasteiger partial charge in [0.1, 0.15) is 11.6 Å². The van der Waals surface area contributed by atoms with Gasteiger partial charge in [0.2, 0.25) is 0 Å². The van der Waals surface area contributed by atoms with Crippen LogP contribution >= 0.6 is 0 Å². The first-order valence-electron chi connectivity index (χ1n) is 7.91. The van der Waals surface area contributed by atoms with E-state index < -0.39 is 11.6 Å². The quantitative estimate of drug-likeness (QED) is 0.866. The molecular formula is C19H21F2N. The van der Waals surface area contributed by atoms with Gasteiger partial charge < -0.3 is 5.73 Å². The normalized spacial score (nSPS) is 17.4. The van der Waals surface area contributed by atoms with Gasteiger partial charge in [-0.15, -0.1) is 0 Å². The highest BCUT2D eigenvalue weighted by atomic mass is 19.1. The lowest BCUT2D eigenvalue weighted by Gasteiger charge is -2.37. The summed E-state index contributed by atoms with van der Waals surface area (Å²) in [5.74, 6) is -0.791. The third-order valence-corrected chi connectivity index (χ3v) is 4.94. The molecule has 1 aliphatic rings. The summed E-state index contributed by atoms with van der Waals surface area (Å²) < 4.78 is 28.2. The largest absolute Gasteiger partial charge is 0.330 e. The number of hydrogen-bond acceptors (Lipinski definition) is 1. The van der Waals surface area contributed by atoms with Crippen LogP contribution in [-0.4, -0.2) is 6.54 Å². The molecule has 0 bridgehead atoms. The van der Waals surface area contributed by atoms with Crippen LogP contribution in [0, 0.1) is 11.6 Å². The van der Waals surface area contributed by atoms with Crippen molar-refractivity contribution in [1.29, 1.82) is 0 Å². The van der Waals surface area contributed by atoms with E-state index in [4.69, 9.17) is 5.73 Å². The van der Waals surface area contributed by atoms with Crippen molar-refractivity contribution in [2.45, 2.75) is 37.5 Å². The SMILES string of the molecule is NCC1(c2ccc(F)c(-c3ccccc3F)c2)CCCCC1. The summed E-state index contributed by atoms with van der Waals surface area (Å²) >= 11 is 0. The van der Waals surface area contributed by atoms with Gasteiger partial charge in [0, 0.05) is 23.1 Å². The monoisotopic (exact) mass is 301 g/mol. The predicted octanol–water partition coefficient (Wildman–Crippen LogP) is 4.79. The van der Waals surface area contributed by atoms with Crippen molar-refractivity contribution in [3.05, 3.63) is 59.7 Å². The van der Waals surface area contributed by atoms with Crippen molar-refractivity contribution in [3.63, 3.8) is 0 Å². The van der Waals surface area contributed by atoms with Crippen molar-refractivity contribution in [2.75, 3.05) is 6.54 Å². The maximum atomic E-state index is 14.2. The molecule has 1 nitrogen and oxygen atoms in total. The van der Waals surface area contributed by atoms with Gasteiger partial charge in [0.15, 0.2) is 0 Å². The highest BCUT2D eigenvalue weighted by molar-refractivity contribution is 5.66. The molecule has 0 atom stereocenters. The van der Waals surface area contributed by atoms with E-state index in [9.17, 15) is 8.78 Å². The Kier molecular flexibility index (Phi) is 4.25. The molecule has 2 aromatic rings. The maximum absolute atomic E-state index is 14.2. The van der Waals surface area contributed by atoms with Crippen LogP contribution in [-0.2, 0) is 5.41 Å². The molecule has 1 saturated carbocycles. The molecule has 0 spiro atoms. The molecule has 0 radical (unpaired) electrons. The Bertz CT molecular complexity index is 660. The van der Waals surface area contributed by atoms with Crippen LogP contribution in [0.5, 0.6) is 0 Å². The summed E-state index contributed by atoms with van der Waals surface area (Å²) in [4.78, 5) is 0. The van der Waals surface area contributed by atoms with Gasteiger partial charge in [-0.05, 0) is 36.6 Å². The molecule has 3 rings (SSSR count). The first-order valence-corrected chi connectivity index (χ1v) is 7.91. The van der Waals surface area contributed by atoms with Gasteiger partial charge in [-0.1, -0.05) is 43.5 Å². The summed E-state index contributed by atoms with van der Waals surface area (Å²) in [5, 5.41) is 0. The minimum Gasteiger partial charge on any atom is -0.330 e. The second kappa shape index (κ2) is 6.17. The molecule has 0 aliphatic heterocycles. The molecular weight excluding hydrogens is 280 g/mol. The lowest BCUT2D eigenvalue weighted by atomic mass is 9.69. The van der Waals surface area contributed by atoms with E-state index in [-0.39, 0.29) is 5.41 Å². The second-order valence-electron chi connectivity index (χ2n) is 6.22. The fourth-order valence-electron chi connectivity index (χ4n) is 3.58. The topological polar surface area (TPSA) is 26.0 Å². The van der Waals surface area contributed by atoms with Crippen LogP contribution in [0.2, 0.25) is 0 Å². The molecule has 3 heteroatoms. The van der Waals surface area contributed by atoms with E-state index in [1.807, 2.05) is 6.07 Å². The third kappa shape index (κ3) is 2.66. The predicted molar refractivity (Wildman–Crippen MR) is 85.6 cm³/mol. The lowest BCUT2D eigenvalue weighted by Crippen LogP contribution is -2.37. The van der Waals surface area contributed by atoms with Crippen LogP contribution in [0.1, 0.15) is 37.7 Å². The number of benzene rings is 2. The second-order valence-corrected chi connectivity index (χ2v) is 6.22. The summed E-state index contributed by atoms with van der Waals surface area (Å²) in [7, 11) is 0. The van der Waals surface area contributed by atoms with Crippen LogP contribution in [0.4, 0.5) is 8.78 Å². The van der Waals surface area contributed by atoms with Gasteiger partial charge in [0.25, 0.3) is 0 Å². The summed E-state index contributed by atoms with van der Waals surface area (Å²) in [5.41, 5.74) is 7.64. The average Bonchev–Trinajstić information content (AvgIpc) is 2.56. The minimum absolute atomic E-state index is 0.0913. The third-order valence-electron chi connectivity index (χ3n) is 4.94. The van der Waals surface area contributed by atoms with Crippen LogP contribution in [0.15, 0.2) is 42.5 Å². The zero-order chi connectivity index (χ0) is 15.6. The fraction of sp³-hybridized carbons (Fsp3) is 0.368. The Morgan fingerprint density at radius 1 is 0.864 bits per heavy atom. The van der Waals surface area contributed by atoms with Gasteiger partial charge in [-0.3, -0.25) is 0 Å². The highest BCUT2D eigenvalue weighted by Gasteiger charge is 2.33. The molecule has 22 heavy (non-hydrogen) atoms. The number of rotatable bonds is 3. The smallest absolute Gasteiger partial charge is 0.131 e. The Morgan fingerprint density at radius 3 is 2.23 bits per heavy atom. The van der Waals surface area contributed by atoms with E-state index >= 15 is 0 Å². The van der Waals surface area contributed by atoms with Crippen molar-refractivity contribution in [1.82, 2.24) is 0 Å².